The Balaban J connectivity index is 1.90. The molecular formula is C21H24N2O4S. The minimum absolute atomic E-state index is 0.111. The van der Waals surface area contributed by atoms with E-state index in [0.29, 0.717) is 28.0 Å². The Hall–Kier alpha value is -2.64. The molecule has 0 saturated carbocycles. The van der Waals surface area contributed by atoms with Gasteiger partial charge in [-0.15, -0.1) is 0 Å². The number of benzene rings is 2. The second-order valence-corrected chi connectivity index (χ2v) is 8.77. The van der Waals surface area contributed by atoms with E-state index in [1.165, 1.54) is 4.31 Å². The summed E-state index contributed by atoms with van der Waals surface area (Å²) in [6.45, 7) is 5.62. The molecule has 0 amide bonds. The minimum atomic E-state index is -3.64. The van der Waals surface area contributed by atoms with Crippen molar-refractivity contribution in [2.24, 2.45) is 0 Å². The number of hydrogen-bond donors (Lipinski definition) is 0. The number of hydrogen-bond acceptors (Lipinski definition) is 5. The van der Waals surface area contributed by atoms with Crippen LogP contribution in [-0.4, -0.2) is 31.9 Å². The van der Waals surface area contributed by atoms with Gasteiger partial charge in [-0.05, 0) is 44.5 Å². The molecule has 0 bridgehead atoms. The zero-order valence-corrected chi connectivity index (χ0v) is 17.5. The zero-order chi connectivity index (χ0) is 20.5. The van der Waals surface area contributed by atoms with Crippen LogP contribution in [0.3, 0.4) is 0 Å². The summed E-state index contributed by atoms with van der Waals surface area (Å²) in [5.41, 5.74) is 3.03. The molecule has 0 saturated heterocycles. The molecule has 0 N–H and O–H groups in total. The molecule has 0 unspecified atom stereocenters. The Bertz CT molecular complexity index is 1100. The van der Waals surface area contributed by atoms with Crippen molar-refractivity contribution in [3.05, 3.63) is 65.0 Å². The molecule has 28 heavy (non-hydrogen) atoms. The molecule has 1 heterocycles. The van der Waals surface area contributed by atoms with Gasteiger partial charge in [-0.3, -0.25) is 0 Å². The molecule has 1 aromatic heterocycles. The molecule has 0 spiro atoms. The molecule has 0 atom stereocenters. The molecule has 3 rings (SSSR count). The lowest BCUT2D eigenvalue weighted by Crippen LogP contribution is -2.27. The van der Waals surface area contributed by atoms with Crippen molar-refractivity contribution in [1.29, 1.82) is 0 Å². The van der Waals surface area contributed by atoms with Crippen molar-refractivity contribution in [2.75, 3.05) is 14.2 Å². The first kappa shape index (κ1) is 20.1. The van der Waals surface area contributed by atoms with Gasteiger partial charge in [0.1, 0.15) is 11.5 Å². The van der Waals surface area contributed by atoms with Crippen molar-refractivity contribution < 1.29 is 17.6 Å². The van der Waals surface area contributed by atoms with E-state index in [1.807, 2.05) is 37.3 Å². The standard InChI is InChI=1S/C21H24N2O4S/c1-14-10-11-20(15(2)12-14)28(24,25)23(4)13-18-16(3)27-21(22-18)17-8-6-7-9-19(17)26-5/h6-12H,13H2,1-5H3. The fraction of sp³-hybridized carbons (Fsp3) is 0.286. The van der Waals surface area contributed by atoms with E-state index in [0.717, 1.165) is 16.7 Å². The molecule has 0 aliphatic rings. The molecule has 0 aliphatic carbocycles. The van der Waals surface area contributed by atoms with E-state index < -0.39 is 10.0 Å². The lowest BCUT2D eigenvalue weighted by atomic mass is 10.2. The summed E-state index contributed by atoms with van der Waals surface area (Å²) in [7, 11) is -0.512. The number of nitrogens with zero attached hydrogens (tertiary/aromatic N) is 2. The Labute approximate surface area is 165 Å². The number of sulfonamides is 1. The van der Waals surface area contributed by atoms with Gasteiger partial charge in [0, 0.05) is 7.05 Å². The fourth-order valence-corrected chi connectivity index (χ4v) is 4.40. The van der Waals surface area contributed by atoms with Crippen molar-refractivity contribution in [3.63, 3.8) is 0 Å². The summed E-state index contributed by atoms with van der Waals surface area (Å²) < 4.78 is 38.5. The molecule has 0 aliphatic heterocycles. The highest BCUT2D eigenvalue weighted by Crippen LogP contribution is 2.31. The summed E-state index contributed by atoms with van der Waals surface area (Å²) in [4.78, 5) is 4.82. The van der Waals surface area contributed by atoms with E-state index in [1.54, 1.807) is 40.1 Å². The SMILES string of the molecule is COc1ccccc1-c1nc(CN(C)S(=O)(=O)c2ccc(C)cc2C)c(C)o1. The Morgan fingerprint density at radius 2 is 1.82 bits per heavy atom. The third-order valence-electron chi connectivity index (χ3n) is 4.62. The lowest BCUT2D eigenvalue weighted by molar-refractivity contribution is 0.414. The van der Waals surface area contributed by atoms with Crippen molar-refractivity contribution >= 4 is 10.0 Å². The number of aromatic nitrogens is 1. The summed E-state index contributed by atoms with van der Waals surface area (Å²) >= 11 is 0. The highest BCUT2D eigenvalue weighted by Gasteiger charge is 2.25. The smallest absolute Gasteiger partial charge is 0.243 e. The van der Waals surface area contributed by atoms with Gasteiger partial charge in [0.05, 0.1) is 29.8 Å². The van der Waals surface area contributed by atoms with Gasteiger partial charge >= 0.3 is 0 Å². The van der Waals surface area contributed by atoms with Crippen LogP contribution in [0.2, 0.25) is 0 Å². The number of para-hydroxylation sites is 1. The van der Waals surface area contributed by atoms with E-state index in [4.69, 9.17) is 9.15 Å². The first-order valence-electron chi connectivity index (χ1n) is 8.87. The largest absolute Gasteiger partial charge is 0.496 e. The fourth-order valence-electron chi connectivity index (χ4n) is 3.06. The first-order chi connectivity index (χ1) is 13.2. The van der Waals surface area contributed by atoms with Crippen molar-refractivity contribution in [3.8, 4) is 17.2 Å². The van der Waals surface area contributed by atoms with E-state index in [2.05, 4.69) is 4.98 Å². The van der Waals surface area contributed by atoms with E-state index in [9.17, 15) is 8.42 Å². The predicted octanol–water partition coefficient (Wildman–Crippen LogP) is 4.10. The van der Waals surface area contributed by atoms with Crippen LogP contribution in [0.1, 0.15) is 22.6 Å². The molecular weight excluding hydrogens is 376 g/mol. The summed E-state index contributed by atoms with van der Waals surface area (Å²) in [5, 5.41) is 0. The van der Waals surface area contributed by atoms with Crippen LogP contribution in [0.4, 0.5) is 0 Å². The van der Waals surface area contributed by atoms with Crippen LogP contribution in [0.25, 0.3) is 11.5 Å². The molecule has 148 valence electrons. The first-order valence-corrected chi connectivity index (χ1v) is 10.3. The van der Waals surface area contributed by atoms with Gasteiger partial charge in [-0.1, -0.05) is 29.8 Å². The second kappa shape index (κ2) is 7.77. The van der Waals surface area contributed by atoms with Gasteiger partial charge < -0.3 is 9.15 Å². The van der Waals surface area contributed by atoms with Gasteiger partial charge in [0.2, 0.25) is 15.9 Å². The zero-order valence-electron chi connectivity index (χ0n) is 16.7. The number of methoxy groups -OCH3 is 1. The molecule has 3 aromatic rings. The summed E-state index contributed by atoms with van der Waals surface area (Å²) in [5.74, 6) is 1.62. The second-order valence-electron chi connectivity index (χ2n) is 6.75. The van der Waals surface area contributed by atoms with Crippen LogP contribution in [0.5, 0.6) is 5.75 Å². The van der Waals surface area contributed by atoms with Gasteiger partial charge in [0.25, 0.3) is 0 Å². The lowest BCUT2D eigenvalue weighted by Gasteiger charge is -2.18. The number of aryl methyl sites for hydroxylation is 3. The number of rotatable bonds is 6. The van der Waals surface area contributed by atoms with E-state index >= 15 is 0 Å². The third-order valence-corrected chi connectivity index (χ3v) is 6.58. The number of ether oxygens (including phenoxy) is 1. The van der Waals surface area contributed by atoms with Crippen LogP contribution < -0.4 is 4.74 Å². The maximum atomic E-state index is 13.0. The normalized spacial score (nSPS) is 11.8. The highest BCUT2D eigenvalue weighted by molar-refractivity contribution is 7.89. The summed E-state index contributed by atoms with van der Waals surface area (Å²) in [6, 6.07) is 12.7. The van der Waals surface area contributed by atoms with Crippen molar-refractivity contribution in [2.45, 2.75) is 32.2 Å². The molecule has 0 radical (unpaired) electrons. The third kappa shape index (κ3) is 3.81. The minimum Gasteiger partial charge on any atom is -0.496 e. The van der Waals surface area contributed by atoms with E-state index in [-0.39, 0.29) is 6.54 Å². The Morgan fingerprint density at radius 1 is 1.11 bits per heavy atom. The molecule has 7 heteroatoms. The Morgan fingerprint density at radius 3 is 2.50 bits per heavy atom. The van der Waals surface area contributed by atoms with Crippen LogP contribution >= 0.6 is 0 Å². The Kier molecular flexibility index (Phi) is 5.58. The van der Waals surface area contributed by atoms with Gasteiger partial charge in [-0.25, -0.2) is 13.4 Å². The van der Waals surface area contributed by atoms with Crippen molar-refractivity contribution in [1.82, 2.24) is 9.29 Å². The van der Waals surface area contributed by atoms with Crippen LogP contribution in [-0.2, 0) is 16.6 Å². The summed E-state index contributed by atoms with van der Waals surface area (Å²) in [6.07, 6.45) is 0. The quantitative estimate of drug-likeness (QED) is 0.623. The van der Waals surface area contributed by atoms with Gasteiger partial charge in [0.15, 0.2) is 0 Å². The van der Waals surface area contributed by atoms with Crippen LogP contribution in [0, 0.1) is 20.8 Å². The average molecular weight is 401 g/mol. The van der Waals surface area contributed by atoms with Gasteiger partial charge in [-0.2, -0.15) is 4.31 Å². The highest BCUT2D eigenvalue weighted by atomic mass is 32.2. The predicted molar refractivity (Wildman–Crippen MR) is 108 cm³/mol. The molecule has 6 nitrogen and oxygen atoms in total. The van der Waals surface area contributed by atoms with Crippen LogP contribution in [0.15, 0.2) is 51.8 Å². The topological polar surface area (TPSA) is 72.6 Å². The molecule has 0 fully saturated rings. The monoisotopic (exact) mass is 400 g/mol. The maximum Gasteiger partial charge on any atom is 0.243 e. The number of oxazole rings is 1. The maximum absolute atomic E-state index is 13.0. The average Bonchev–Trinajstić information content (AvgIpc) is 3.01. The molecule has 2 aromatic carbocycles.